The van der Waals surface area contributed by atoms with Crippen LogP contribution < -0.4 is 20.1 Å². The van der Waals surface area contributed by atoms with Gasteiger partial charge in [-0.3, -0.25) is 4.79 Å². The highest BCUT2D eigenvalue weighted by atomic mass is 16.5. The van der Waals surface area contributed by atoms with Crippen LogP contribution in [0, 0.1) is 0 Å². The Morgan fingerprint density at radius 3 is 2.29 bits per heavy atom. The van der Waals surface area contributed by atoms with Crippen LogP contribution in [0.5, 0.6) is 11.5 Å². The van der Waals surface area contributed by atoms with Crippen molar-refractivity contribution in [1.82, 2.24) is 0 Å². The number of anilines is 2. The molecular formula is C33H30N2O3. The predicted molar refractivity (Wildman–Crippen MR) is 151 cm³/mol. The number of ether oxygens (including phenoxy) is 2. The monoisotopic (exact) mass is 502 g/mol. The molecule has 4 aromatic rings. The van der Waals surface area contributed by atoms with Gasteiger partial charge >= 0.3 is 0 Å². The van der Waals surface area contributed by atoms with E-state index in [1.54, 1.807) is 7.11 Å². The van der Waals surface area contributed by atoms with Crippen LogP contribution in [0.1, 0.15) is 41.5 Å². The average Bonchev–Trinajstić information content (AvgIpc) is 3.14. The lowest BCUT2D eigenvalue weighted by Crippen LogP contribution is -2.27. The molecule has 0 amide bonds. The molecule has 0 radical (unpaired) electrons. The third-order valence-electron chi connectivity index (χ3n) is 7.36. The summed E-state index contributed by atoms with van der Waals surface area (Å²) in [5, 5.41) is 7.30. The molecule has 1 aliphatic heterocycles. The summed E-state index contributed by atoms with van der Waals surface area (Å²) in [6, 6.07) is 34.0. The van der Waals surface area contributed by atoms with Gasteiger partial charge in [-0.15, -0.1) is 0 Å². The van der Waals surface area contributed by atoms with Gasteiger partial charge in [0, 0.05) is 23.3 Å². The maximum absolute atomic E-state index is 13.9. The van der Waals surface area contributed by atoms with E-state index in [1.807, 2.05) is 66.7 Å². The van der Waals surface area contributed by atoms with Crippen LogP contribution in [0.15, 0.2) is 114 Å². The molecule has 0 bridgehead atoms. The maximum atomic E-state index is 13.9. The number of carbonyl (C=O) groups excluding carboxylic acids is 1. The summed E-state index contributed by atoms with van der Waals surface area (Å²) in [6.07, 6.45) is 1.20. The normalized spacial score (nSPS) is 18.4. The molecule has 0 saturated heterocycles. The summed E-state index contributed by atoms with van der Waals surface area (Å²) < 4.78 is 11.7. The van der Waals surface area contributed by atoms with E-state index in [1.165, 1.54) is 0 Å². The van der Waals surface area contributed by atoms with Crippen molar-refractivity contribution in [2.45, 2.75) is 31.4 Å². The second-order valence-electron chi connectivity index (χ2n) is 9.75. The molecule has 5 nitrogen and oxygen atoms in total. The molecule has 1 heterocycles. The molecule has 2 N–H and O–H groups in total. The average molecular weight is 503 g/mol. The van der Waals surface area contributed by atoms with E-state index in [9.17, 15) is 4.79 Å². The number of Topliss-reactive ketones (excluding diaryl/α,β-unsaturated/α-hetero) is 1. The number of rotatable bonds is 6. The molecular weight excluding hydrogens is 472 g/mol. The van der Waals surface area contributed by atoms with Crippen LogP contribution in [0.3, 0.4) is 0 Å². The smallest absolute Gasteiger partial charge is 0.163 e. The fraction of sp³-hybridized carbons (Fsp3) is 0.182. The molecule has 2 aliphatic rings. The van der Waals surface area contributed by atoms with Gasteiger partial charge in [0.15, 0.2) is 5.78 Å². The molecule has 2 atom stereocenters. The molecule has 1 aliphatic carbocycles. The van der Waals surface area contributed by atoms with E-state index in [0.29, 0.717) is 13.0 Å². The largest absolute Gasteiger partial charge is 0.497 e. The minimum absolute atomic E-state index is 0.0927. The number of allylic oxidation sites excluding steroid dienone is 1. The first-order valence-electron chi connectivity index (χ1n) is 13.0. The Kier molecular flexibility index (Phi) is 6.57. The van der Waals surface area contributed by atoms with Gasteiger partial charge < -0.3 is 20.1 Å². The third kappa shape index (κ3) is 4.75. The van der Waals surface area contributed by atoms with E-state index in [4.69, 9.17) is 9.47 Å². The van der Waals surface area contributed by atoms with Gasteiger partial charge in [-0.1, -0.05) is 72.8 Å². The van der Waals surface area contributed by atoms with Gasteiger partial charge in [-0.05, 0) is 53.8 Å². The van der Waals surface area contributed by atoms with Crippen molar-refractivity contribution < 1.29 is 14.3 Å². The van der Waals surface area contributed by atoms with E-state index >= 15 is 0 Å². The van der Waals surface area contributed by atoms with Crippen molar-refractivity contribution in [3.8, 4) is 11.5 Å². The zero-order chi connectivity index (χ0) is 25.9. The number of hydrogen-bond donors (Lipinski definition) is 2. The summed E-state index contributed by atoms with van der Waals surface area (Å²) in [7, 11) is 1.66. The highest BCUT2D eigenvalue weighted by molar-refractivity contribution is 6.01. The summed E-state index contributed by atoms with van der Waals surface area (Å²) in [5.74, 6) is 1.82. The second-order valence-corrected chi connectivity index (χ2v) is 9.75. The van der Waals surface area contributed by atoms with Gasteiger partial charge in [0.25, 0.3) is 0 Å². The van der Waals surface area contributed by atoms with Crippen molar-refractivity contribution in [2.75, 3.05) is 17.7 Å². The fourth-order valence-corrected chi connectivity index (χ4v) is 5.42. The molecule has 5 heteroatoms. The van der Waals surface area contributed by atoms with Crippen LogP contribution in [0.2, 0.25) is 0 Å². The quantitative estimate of drug-likeness (QED) is 0.291. The minimum Gasteiger partial charge on any atom is -0.497 e. The number of methoxy groups -OCH3 is 1. The van der Waals surface area contributed by atoms with Crippen LogP contribution in [-0.2, 0) is 11.4 Å². The third-order valence-corrected chi connectivity index (χ3v) is 7.36. The molecule has 0 unspecified atom stereocenters. The first kappa shape index (κ1) is 23.9. The molecule has 0 saturated carbocycles. The van der Waals surface area contributed by atoms with Crippen LogP contribution in [-0.4, -0.2) is 12.9 Å². The topological polar surface area (TPSA) is 59.6 Å². The van der Waals surface area contributed by atoms with Crippen molar-refractivity contribution >= 4 is 17.2 Å². The van der Waals surface area contributed by atoms with E-state index in [2.05, 4.69) is 47.0 Å². The Morgan fingerprint density at radius 2 is 1.50 bits per heavy atom. The number of nitrogens with one attached hydrogen (secondary N) is 2. The number of fused-ring (bicyclic) bond motifs is 1. The van der Waals surface area contributed by atoms with Gasteiger partial charge in [0.1, 0.15) is 18.1 Å². The van der Waals surface area contributed by atoms with Gasteiger partial charge in [0.05, 0.1) is 24.5 Å². The Morgan fingerprint density at radius 1 is 0.789 bits per heavy atom. The number of para-hydroxylation sites is 3. The molecule has 0 spiro atoms. The maximum Gasteiger partial charge on any atom is 0.163 e. The SMILES string of the molecule is COc1ccc([C@@H]2CC(=O)C3=C(C2)Nc2ccccc2N[C@H]3c2ccccc2OCc2ccccc2)cc1. The van der Waals surface area contributed by atoms with Gasteiger partial charge in [-0.2, -0.15) is 0 Å². The number of hydrogen-bond acceptors (Lipinski definition) is 5. The molecule has 0 fully saturated rings. The summed E-state index contributed by atoms with van der Waals surface area (Å²) >= 11 is 0. The van der Waals surface area contributed by atoms with E-state index in [-0.39, 0.29) is 17.7 Å². The van der Waals surface area contributed by atoms with Crippen LogP contribution >= 0.6 is 0 Å². The van der Waals surface area contributed by atoms with Gasteiger partial charge in [0.2, 0.25) is 0 Å². The molecule has 0 aromatic heterocycles. The number of carbonyl (C=O) groups is 1. The van der Waals surface area contributed by atoms with Crippen molar-refractivity contribution in [3.63, 3.8) is 0 Å². The van der Waals surface area contributed by atoms with Crippen molar-refractivity contribution in [3.05, 3.63) is 131 Å². The van der Waals surface area contributed by atoms with Gasteiger partial charge in [-0.25, -0.2) is 0 Å². The van der Waals surface area contributed by atoms with Crippen LogP contribution in [0.25, 0.3) is 0 Å². The zero-order valence-electron chi connectivity index (χ0n) is 21.3. The second kappa shape index (κ2) is 10.5. The lowest BCUT2D eigenvalue weighted by Gasteiger charge is -2.30. The lowest BCUT2D eigenvalue weighted by molar-refractivity contribution is -0.116. The van der Waals surface area contributed by atoms with E-state index in [0.717, 1.165) is 57.3 Å². The molecule has 190 valence electrons. The Labute approximate surface area is 223 Å². The predicted octanol–water partition coefficient (Wildman–Crippen LogP) is 7.25. The fourth-order valence-electron chi connectivity index (χ4n) is 5.42. The Hall–Kier alpha value is -4.51. The summed E-state index contributed by atoms with van der Waals surface area (Å²) in [5.41, 5.74) is 6.85. The first-order valence-corrected chi connectivity index (χ1v) is 13.0. The zero-order valence-corrected chi connectivity index (χ0v) is 21.3. The summed E-state index contributed by atoms with van der Waals surface area (Å²) in [4.78, 5) is 13.9. The highest BCUT2D eigenvalue weighted by Gasteiger charge is 2.37. The molecule has 4 aromatic carbocycles. The van der Waals surface area contributed by atoms with E-state index < -0.39 is 0 Å². The Bertz CT molecular complexity index is 1480. The minimum atomic E-state index is -0.336. The van der Waals surface area contributed by atoms with Crippen molar-refractivity contribution in [2.24, 2.45) is 0 Å². The van der Waals surface area contributed by atoms with Crippen molar-refractivity contribution in [1.29, 1.82) is 0 Å². The molecule has 38 heavy (non-hydrogen) atoms. The molecule has 6 rings (SSSR count). The van der Waals surface area contributed by atoms with Crippen LogP contribution in [0.4, 0.5) is 11.4 Å². The summed E-state index contributed by atoms with van der Waals surface area (Å²) in [6.45, 7) is 0.457. The lowest BCUT2D eigenvalue weighted by atomic mass is 9.78. The standard InChI is InChI=1S/C33H30N2O3/c1-37-25-17-15-23(16-18-25)24-19-29-32(30(36)20-24)33(35-28-13-7-6-12-27(28)34-29)26-11-5-8-14-31(26)38-21-22-9-3-2-4-10-22/h2-18,24,33-35H,19-21H2,1H3/t24-,33-/m0/s1. The first-order chi connectivity index (χ1) is 18.7. The number of ketones is 1. The highest BCUT2D eigenvalue weighted by Crippen LogP contribution is 2.46. The Balaban J connectivity index is 1.39. The number of benzene rings is 4.